The van der Waals surface area contributed by atoms with E-state index in [2.05, 4.69) is 55.4 Å². The van der Waals surface area contributed by atoms with E-state index in [1.165, 1.54) is 11.1 Å². The van der Waals surface area contributed by atoms with Gasteiger partial charge in [-0.25, -0.2) is 4.98 Å². The van der Waals surface area contributed by atoms with Crippen molar-refractivity contribution < 1.29 is 9.47 Å². The van der Waals surface area contributed by atoms with E-state index in [0.29, 0.717) is 0 Å². The maximum atomic E-state index is 5.81. The van der Waals surface area contributed by atoms with Crippen molar-refractivity contribution in [2.75, 3.05) is 13.3 Å². The first kappa shape index (κ1) is 19.8. The molecule has 4 heterocycles. The van der Waals surface area contributed by atoms with Gasteiger partial charge in [-0.2, -0.15) is 16.4 Å². The first-order valence-corrected chi connectivity index (χ1v) is 11.4. The average molecular weight is 436 g/mol. The fourth-order valence-electron chi connectivity index (χ4n) is 3.95. The summed E-state index contributed by atoms with van der Waals surface area (Å²) in [6.07, 6.45) is 7.53. The van der Waals surface area contributed by atoms with Crippen molar-refractivity contribution in [1.82, 2.24) is 24.2 Å². The smallest absolute Gasteiger partial charge is 0.231 e. The second kappa shape index (κ2) is 8.95. The van der Waals surface area contributed by atoms with Crippen molar-refractivity contribution in [2.45, 2.75) is 33.1 Å². The van der Waals surface area contributed by atoms with E-state index >= 15 is 0 Å². The van der Waals surface area contributed by atoms with E-state index in [0.717, 1.165) is 55.5 Å². The molecule has 1 aliphatic rings. The monoisotopic (exact) mass is 435 g/mol. The molecule has 0 bridgehead atoms. The number of hydrogen-bond acceptors (Lipinski definition) is 6. The molecule has 3 aromatic heterocycles. The van der Waals surface area contributed by atoms with Crippen LogP contribution in [0.4, 0.5) is 0 Å². The van der Waals surface area contributed by atoms with Crippen LogP contribution in [0, 0.1) is 0 Å². The van der Waals surface area contributed by atoms with Crippen molar-refractivity contribution >= 4 is 11.3 Å². The Morgan fingerprint density at radius 2 is 2.06 bits per heavy atom. The van der Waals surface area contributed by atoms with E-state index in [1.807, 2.05) is 35.7 Å². The molecule has 8 heteroatoms. The molecule has 1 aliphatic heterocycles. The van der Waals surface area contributed by atoms with Crippen LogP contribution >= 0.6 is 11.3 Å². The minimum absolute atomic E-state index is 0.255. The average Bonchev–Trinajstić information content (AvgIpc) is 3.58. The molecule has 1 aromatic carbocycles. The summed E-state index contributed by atoms with van der Waals surface area (Å²) < 4.78 is 15.7. The van der Waals surface area contributed by atoms with E-state index in [9.17, 15) is 0 Å². The molecule has 7 nitrogen and oxygen atoms in total. The van der Waals surface area contributed by atoms with Crippen molar-refractivity contribution in [3.05, 3.63) is 71.1 Å². The van der Waals surface area contributed by atoms with E-state index in [4.69, 9.17) is 9.47 Å². The molecule has 5 rings (SSSR count). The van der Waals surface area contributed by atoms with Gasteiger partial charge in [-0.15, -0.1) is 0 Å². The molecule has 0 fully saturated rings. The minimum atomic E-state index is 0.255. The van der Waals surface area contributed by atoms with Gasteiger partial charge in [0.15, 0.2) is 11.5 Å². The van der Waals surface area contributed by atoms with Crippen molar-refractivity contribution in [3.8, 4) is 22.8 Å². The molecule has 0 saturated heterocycles. The van der Waals surface area contributed by atoms with Crippen LogP contribution in [0.15, 0.2) is 59.9 Å². The van der Waals surface area contributed by atoms with Crippen LogP contribution < -0.4 is 9.47 Å². The summed E-state index contributed by atoms with van der Waals surface area (Å²) in [6, 6.07) is 8.55. The normalized spacial score (nSPS) is 12.7. The number of fused-ring (bicyclic) bond motifs is 1. The Morgan fingerprint density at radius 3 is 2.87 bits per heavy atom. The molecule has 0 aliphatic carbocycles. The van der Waals surface area contributed by atoms with Crippen LogP contribution in [-0.4, -0.2) is 37.6 Å². The number of thiophene rings is 1. The summed E-state index contributed by atoms with van der Waals surface area (Å²) in [5, 5.41) is 8.79. The largest absolute Gasteiger partial charge is 0.454 e. The molecule has 0 spiro atoms. The first-order chi connectivity index (χ1) is 15.3. The number of benzene rings is 1. The number of imidazole rings is 1. The molecule has 0 amide bonds. The standard InChI is InChI=1S/C23H25N5O2S/c1-2-28-21(3-5-25-28)20-11-19(12-22-23(20)30-17-29-22)14-27(13-18-4-10-31-15-18)9-8-26-7-6-24-16-26/h3-7,10-12,15-16H,2,8-9,13-14,17H2,1H3. The highest BCUT2D eigenvalue weighted by Gasteiger charge is 2.23. The van der Waals surface area contributed by atoms with Gasteiger partial charge in [0.1, 0.15) is 0 Å². The van der Waals surface area contributed by atoms with Crippen LogP contribution in [0.5, 0.6) is 11.5 Å². The second-order valence-corrected chi connectivity index (χ2v) is 8.33. The Labute approximate surface area is 185 Å². The number of rotatable bonds is 9. The predicted octanol–water partition coefficient (Wildman–Crippen LogP) is 4.26. The Morgan fingerprint density at radius 1 is 1.13 bits per heavy atom. The third kappa shape index (κ3) is 4.35. The highest BCUT2D eigenvalue weighted by Crippen LogP contribution is 2.42. The number of ether oxygens (including phenoxy) is 2. The van der Waals surface area contributed by atoms with Gasteiger partial charge < -0.3 is 14.0 Å². The third-order valence-electron chi connectivity index (χ3n) is 5.45. The lowest BCUT2D eigenvalue weighted by molar-refractivity contribution is 0.174. The second-order valence-electron chi connectivity index (χ2n) is 7.55. The third-order valence-corrected chi connectivity index (χ3v) is 6.18. The molecule has 0 saturated carbocycles. The quantitative estimate of drug-likeness (QED) is 0.393. The molecular weight excluding hydrogens is 410 g/mol. The van der Waals surface area contributed by atoms with Gasteiger partial charge in [0, 0.05) is 56.9 Å². The lowest BCUT2D eigenvalue weighted by Gasteiger charge is -2.23. The fourth-order valence-corrected chi connectivity index (χ4v) is 4.61. The molecule has 31 heavy (non-hydrogen) atoms. The summed E-state index contributed by atoms with van der Waals surface area (Å²) in [5.74, 6) is 1.61. The molecule has 0 radical (unpaired) electrons. The predicted molar refractivity (Wildman–Crippen MR) is 120 cm³/mol. The number of hydrogen-bond donors (Lipinski definition) is 0. The number of nitrogens with zero attached hydrogens (tertiary/aromatic N) is 5. The lowest BCUT2D eigenvalue weighted by atomic mass is 10.0. The Hall–Kier alpha value is -3.10. The highest BCUT2D eigenvalue weighted by atomic mass is 32.1. The van der Waals surface area contributed by atoms with E-state index in [-0.39, 0.29) is 6.79 Å². The highest BCUT2D eigenvalue weighted by molar-refractivity contribution is 7.07. The zero-order valence-electron chi connectivity index (χ0n) is 17.5. The lowest BCUT2D eigenvalue weighted by Crippen LogP contribution is -2.26. The van der Waals surface area contributed by atoms with Crippen LogP contribution in [0.2, 0.25) is 0 Å². The summed E-state index contributed by atoms with van der Waals surface area (Å²) in [6.45, 7) is 6.68. The van der Waals surface area contributed by atoms with Crippen LogP contribution in [0.1, 0.15) is 18.1 Å². The zero-order chi connectivity index (χ0) is 21.0. The summed E-state index contributed by atoms with van der Waals surface area (Å²) in [7, 11) is 0. The molecule has 4 aromatic rings. The van der Waals surface area contributed by atoms with Crippen molar-refractivity contribution in [2.24, 2.45) is 0 Å². The number of aryl methyl sites for hydroxylation is 1. The SMILES string of the molecule is CCn1nccc1-c1cc(CN(CCn2ccnc2)Cc2ccsc2)cc2c1OCO2. The summed E-state index contributed by atoms with van der Waals surface area (Å²) in [5.41, 5.74) is 4.62. The van der Waals surface area contributed by atoms with Gasteiger partial charge >= 0.3 is 0 Å². The van der Waals surface area contributed by atoms with Gasteiger partial charge in [0.25, 0.3) is 0 Å². The van der Waals surface area contributed by atoms with Gasteiger partial charge in [0.2, 0.25) is 6.79 Å². The van der Waals surface area contributed by atoms with E-state index < -0.39 is 0 Å². The fraction of sp³-hybridized carbons (Fsp3) is 0.304. The zero-order valence-corrected chi connectivity index (χ0v) is 18.3. The minimum Gasteiger partial charge on any atom is -0.454 e. The van der Waals surface area contributed by atoms with Crippen molar-refractivity contribution in [3.63, 3.8) is 0 Å². The Bertz CT molecular complexity index is 1120. The van der Waals surface area contributed by atoms with Crippen LogP contribution in [0.25, 0.3) is 11.3 Å². The maximum Gasteiger partial charge on any atom is 0.231 e. The van der Waals surface area contributed by atoms with E-state index in [1.54, 1.807) is 11.3 Å². The molecular formula is C23H25N5O2S. The maximum absolute atomic E-state index is 5.81. The van der Waals surface area contributed by atoms with Gasteiger partial charge in [-0.3, -0.25) is 9.58 Å². The van der Waals surface area contributed by atoms with Gasteiger partial charge in [0.05, 0.1) is 12.0 Å². The topological polar surface area (TPSA) is 57.3 Å². The van der Waals surface area contributed by atoms with Crippen molar-refractivity contribution in [1.29, 1.82) is 0 Å². The molecule has 0 unspecified atom stereocenters. The summed E-state index contributed by atoms with van der Waals surface area (Å²) in [4.78, 5) is 6.62. The molecule has 160 valence electrons. The molecule has 0 N–H and O–H groups in total. The van der Waals surface area contributed by atoms with Crippen LogP contribution in [0.3, 0.4) is 0 Å². The van der Waals surface area contributed by atoms with Gasteiger partial charge in [-0.05, 0) is 53.1 Å². The first-order valence-electron chi connectivity index (χ1n) is 10.4. The number of aromatic nitrogens is 4. The Balaban J connectivity index is 1.43. The van der Waals surface area contributed by atoms with Gasteiger partial charge in [-0.1, -0.05) is 0 Å². The Kier molecular flexibility index (Phi) is 5.73. The van der Waals surface area contributed by atoms with Crippen LogP contribution in [-0.2, 0) is 26.2 Å². The molecule has 0 atom stereocenters. The summed E-state index contributed by atoms with van der Waals surface area (Å²) >= 11 is 1.74.